The number of halogens is 1. The minimum absolute atomic E-state index is 0.0469. The molecule has 0 aromatic heterocycles. The first kappa shape index (κ1) is 23.1. The average Bonchev–Trinajstić information content (AvgIpc) is 2.69. The quantitative estimate of drug-likeness (QED) is 0.540. The van der Waals surface area contributed by atoms with Crippen molar-refractivity contribution in [2.24, 2.45) is 0 Å². The van der Waals surface area contributed by atoms with Gasteiger partial charge < -0.3 is 10.2 Å². The lowest BCUT2D eigenvalue weighted by Gasteiger charge is -2.29. The van der Waals surface area contributed by atoms with Gasteiger partial charge in [-0.2, -0.15) is 0 Å². The molecule has 1 atom stereocenters. The number of benzene rings is 2. The van der Waals surface area contributed by atoms with E-state index in [1.165, 1.54) is 11.1 Å². The molecule has 0 aliphatic rings. The van der Waals surface area contributed by atoms with Crippen LogP contribution in [0.1, 0.15) is 48.9 Å². The van der Waals surface area contributed by atoms with Gasteiger partial charge >= 0.3 is 0 Å². The fraction of sp³-hybridized carbons (Fsp3) is 0.417. The number of amides is 2. The average molecular weight is 459 g/mol. The summed E-state index contributed by atoms with van der Waals surface area (Å²) in [5.41, 5.74) is 4.34. The first-order valence-electron chi connectivity index (χ1n) is 10.2. The van der Waals surface area contributed by atoms with Gasteiger partial charge in [0.15, 0.2) is 0 Å². The van der Waals surface area contributed by atoms with Crippen LogP contribution >= 0.6 is 15.9 Å². The SMILES string of the molecule is CCCCNC(=O)C(C)N(Cc1ccc(Br)cc1)C(=O)Cc1ccc(C)c(C)c1. The van der Waals surface area contributed by atoms with E-state index in [1.54, 1.807) is 11.8 Å². The van der Waals surface area contributed by atoms with Gasteiger partial charge in [-0.25, -0.2) is 0 Å². The van der Waals surface area contributed by atoms with Crippen molar-refractivity contribution in [2.45, 2.75) is 59.5 Å². The van der Waals surface area contributed by atoms with Gasteiger partial charge in [0.1, 0.15) is 6.04 Å². The molecule has 1 unspecified atom stereocenters. The molecule has 5 heteroatoms. The standard InChI is InChI=1S/C24H31BrN2O2/c1-5-6-13-26-24(29)19(4)27(16-20-9-11-22(25)12-10-20)23(28)15-21-8-7-17(2)18(3)14-21/h7-12,14,19H,5-6,13,15-16H2,1-4H3,(H,26,29). The number of unbranched alkanes of at least 4 members (excludes halogenated alkanes) is 1. The second kappa shape index (κ2) is 11.1. The van der Waals surface area contributed by atoms with Crippen LogP contribution in [0.2, 0.25) is 0 Å². The molecule has 0 radical (unpaired) electrons. The number of hydrogen-bond acceptors (Lipinski definition) is 2. The summed E-state index contributed by atoms with van der Waals surface area (Å²) in [6.45, 7) is 9.04. The number of carbonyl (C=O) groups excluding carboxylic acids is 2. The summed E-state index contributed by atoms with van der Waals surface area (Å²) in [5, 5.41) is 2.95. The van der Waals surface area contributed by atoms with Crippen LogP contribution < -0.4 is 5.32 Å². The van der Waals surface area contributed by atoms with Gasteiger partial charge in [0.25, 0.3) is 0 Å². The summed E-state index contributed by atoms with van der Waals surface area (Å²) in [6.07, 6.45) is 2.23. The molecular weight excluding hydrogens is 428 g/mol. The molecule has 2 aromatic rings. The molecule has 2 aromatic carbocycles. The molecule has 0 saturated carbocycles. The summed E-state index contributed by atoms with van der Waals surface area (Å²) in [4.78, 5) is 27.5. The molecular formula is C24H31BrN2O2. The van der Waals surface area contributed by atoms with Crippen LogP contribution in [-0.2, 0) is 22.6 Å². The Hall–Kier alpha value is -2.14. The van der Waals surface area contributed by atoms with Gasteiger partial charge in [-0.3, -0.25) is 9.59 Å². The third kappa shape index (κ3) is 7.00. The molecule has 0 fully saturated rings. The van der Waals surface area contributed by atoms with Crippen LogP contribution in [0, 0.1) is 13.8 Å². The van der Waals surface area contributed by atoms with Crippen molar-refractivity contribution in [3.8, 4) is 0 Å². The Bertz CT molecular complexity index is 833. The minimum atomic E-state index is -0.533. The van der Waals surface area contributed by atoms with E-state index in [4.69, 9.17) is 0 Å². The highest BCUT2D eigenvalue weighted by Crippen LogP contribution is 2.17. The van der Waals surface area contributed by atoms with Crippen LogP contribution in [0.25, 0.3) is 0 Å². The highest BCUT2D eigenvalue weighted by atomic mass is 79.9. The number of nitrogens with one attached hydrogen (secondary N) is 1. The molecule has 1 N–H and O–H groups in total. The molecule has 2 rings (SSSR count). The molecule has 4 nitrogen and oxygen atoms in total. The lowest BCUT2D eigenvalue weighted by Crippen LogP contribution is -2.48. The lowest BCUT2D eigenvalue weighted by atomic mass is 10.0. The Morgan fingerprint density at radius 2 is 1.69 bits per heavy atom. The van der Waals surface area contributed by atoms with Crippen LogP contribution in [0.3, 0.4) is 0 Å². The van der Waals surface area contributed by atoms with Crippen molar-refractivity contribution in [3.05, 3.63) is 69.2 Å². The summed E-state index contributed by atoms with van der Waals surface area (Å²) >= 11 is 3.44. The number of carbonyl (C=O) groups is 2. The second-order valence-corrected chi connectivity index (χ2v) is 8.48. The van der Waals surface area contributed by atoms with E-state index in [0.29, 0.717) is 13.1 Å². The highest BCUT2D eigenvalue weighted by molar-refractivity contribution is 9.10. The van der Waals surface area contributed by atoms with Crippen molar-refractivity contribution >= 4 is 27.7 Å². The molecule has 156 valence electrons. The van der Waals surface area contributed by atoms with Gasteiger partial charge in [0.2, 0.25) is 11.8 Å². The maximum absolute atomic E-state index is 13.2. The predicted molar refractivity (Wildman–Crippen MR) is 122 cm³/mol. The number of rotatable bonds is 9. The zero-order chi connectivity index (χ0) is 21.4. The van der Waals surface area contributed by atoms with Gasteiger partial charge in [-0.05, 0) is 61.6 Å². The van der Waals surface area contributed by atoms with Gasteiger partial charge in [0, 0.05) is 17.6 Å². The fourth-order valence-electron chi connectivity index (χ4n) is 3.09. The van der Waals surface area contributed by atoms with E-state index in [9.17, 15) is 9.59 Å². The monoisotopic (exact) mass is 458 g/mol. The van der Waals surface area contributed by atoms with Crippen LogP contribution in [-0.4, -0.2) is 29.3 Å². The van der Waals surface area contributed by atoms with E-state index in [-0.39, 0.29) is 18.2 Å². The van der Waals surface area contributed by atoms with Crippen molar-refractivity contribution in [2.75, 3.05) is 6.54 Å². The van der Waals surface area contributed by atoms with Crippen molar-refractivity contribution in [1.29, 1.82) is 0 Å². The summed E-state index contributed by atoms with van der Waals surface area (Å²) < 4.78 is 0.986. The Labute approximate surface area is 182 Å². The first-order valence-corrected chi connectivity index (χ1v) is 11.0. The summed E-state index contributed by atoms with van der Waals surface area (Å²) in [5.74, 6) is -0.154. The molecule has 0 aliphatic heterocycles. The van der Waals surface area contributed by atoms with E-state index >= 15 is 0 Å². The maximum Gasteiger partial charge on any atom is 0.242 e. The normalized spacial score (nSPS) is 11.8. The highest BCUT2D eigenvalue weighted by Gasteiger charge is 2.26. The van der Waals surface area contributed by atoms with E-state index in [2.05, 4.69) is 41.2 Å². The number of hydrogen-bond donors (Lipinski definition) is 1. The molecule has 29 heavy (non-hydrogen) atoms. The smallest absolute Gasteiger partial charge is 0.242 e. The fourth-order valence-corrected chi connectivity index (χ4v) is 3.36. The number of nitrogens with zero attached hydrogens (tertiary/aromatic N) is 1. The maximum atomic E-state index is 13.2. The Morgan fingerprint density at radius 3 is 2.31 bits per heavy atom. The van der Waals surface area contributed by atoms with E-state index < -0.39 is 6.04 Å². The van der Waals surface area contributed by atoms with Gasteiger partial charge in [-0.1, -0.05) is 59.6 Å². The van der Waals surface area contributed by atoms with E-state index in [0.717, 1.165) is 28.4 Å². The summed E-state index contributed by atoms with van der Waals surface area (Å²) in [7, 11) is 0. The molecule has 0 heterocycles. The number of aryl methyl sites for hydroxylation is 2. The zero-order valence-corrected chi connectivity index (χ0v) is 19.4. The Kier molecular flexibility index (Phi) is 8.90. The molecule has 0 spiro atoms. The molecule has 0 aliphatic carbocycles. The molecule has 0 bridgehead atoms. The van der Waals surface area contributed by atoms with Crippen molar-refractivity contribution in [3.63, 3.8) is 0 Å². The topological polar surface area (TPSA) is 49.4 Å². The van der Waals surface area contributed by atoms with Crippen molar-refractivity contribution < 1.29 is 9.59 Å². The predicted octanol–water partition coefficient (Wildman–Crippen LogP) is 4.94. The molecule has 2 amide bonds. The minimum Gasteiger partial charge on any atom is -0.354 e. The van der Waals surface area contributed by atoms with Crippen LogP contribution in [0.4, 0.5) is 0 Å². The van der Waals surface area contributed by atoms with E-state index in [1.807, 2.05) is 43.3 Å². The summed E-state index contributed by atoms with van der Waals surface area (Å²) in [6, 6.07) is 13.4. The van der Waals surface area contributed by atoms with Crippen LogP contribution in [0.15, 0.2) is 46.9 Å². The third-order valence-corrected chi connectivity index (χ3v) is 5.72. The second-order valence-electron chi connectivity index (χ2n) is 7.56. The zero-order valence-electron chi connectivity index (χ0n) is 17.8. The largest absolute Gasteiger partial charge is 0.354 e. The van der Waals surface area contributed by atoms with Crippen molar-refractivity contribution in [1.82, 2.24) is 10.2 Å². The Morgan fingerprint density at radius 1 is 1.03 bits per heavy atom. The van der Waals surface area contributed by atoms with Crippen LogP contribution in [0.5, 0.6) is 0 Å². The first-order chi connectivity index (χ1) is 13.8. The Balaban J connectivity index is 2.19. The van der Waals surface area contributed by atoms with Gasteiger partial charge in [-0.15, -0.1) is 0 Å². The van der Waals surface area contributed by atoms with Gasteiger partial charge in [0.05, 0.1) is 6.42 Å². The third-order valence-electron chi connectivity index (χ3n) is 5.19. The molecule has 0 saturated heterocycles. The lowest BCUT2D eigenvalue weighted by molar-refractivity contribution is -0.140.